The Labute approximate surface area is 146 Å². The lowest BCUT2D eigenvalue weighted by atomic mass is 10.2. The van der Waals surface area contributed by atoms with Crippen molar-refractivity contribution in [3.05, 3.63) is 41.4 Å². The third kappa shape index (κ3) is 5.96. The lowest BCUT2D eigenvalue weighted by Crippen LogP contribution is -2.27. The molecule has 0 saturated carbocycles. The molecular weight excluding hydrogens is 332 g/mol. The highest BCUT2D eigenvalue weighted by Crippen LogP contribution is 2.28. The van der Waals surface area contributed by atoms with Gasteiger partial charge in [-0.15, -0.1) is 0 Å². The molecule has 0 fully saturated rings. The number of benzene rings is 1. The van der Waals surface area contributed by atoms with E-state index in [1.54, 1.807) is 19.4 Å². The number of nitrogens with one attached hydrogen (secondary N) is 1. The van der Waals surface area contributed by atoms with E-state index in [9.17, 15) is 4.79 Å². The standard InChI is InChI=1S/C17H21ClN2O4/c1-22-10-11-23-9-8-19-16(21)6-7-17-20-12-15(24-17)13-4-2-3-5-14(13)18/h2-5,12H,6-11H2,1H3,(H,19,21). The molecule has 0 atom stereocenters. The first kappa shape index (κ1) is 18.4. The molecule has 1 amide bonds. The van der Waals surface area contributed by atoms with Crippen LogP contribution in [0.2, 0.25) is 5.02 Å². The molecule has 1 heterocycles. The average molecular weight is 353 g/mol. The van der Waals surface area contributed by atoms with Crippen LogP contribution in [0.5, 0.6) is 0 Å². The van der Waals surface area contributed by atoms with Gasteiger partial charge in [0, 0.05) is 32.1 Å². The molecular formula is C17H21ClN2O4. The topological polar surface area (TPSA) is 73.6 Å². The molecule has 0 spiro atoms. The molecule has 0 radical (unpaired) electrons. The van der Waals surface area contributed by atoms with Gasteiger partial charge in [0.25, 0.3) is 0 Å². The van der Waals surface area contributed by atoms with Gasteiger partial charge >= 0.3 is 0 Å². The quantitative estimate of drug-likeness (QED) is 0.665. The molecule has 0 aliphatic heterocycles. The molecule has 1 N–H and O–H groups in total. The number of ether oxygens (including phenoxy) is 2. The summed E-state index contributed by atoms with van der Waals surface area (Å²) in [4.78, 5) is 15.9. The predicted molar refractivity (Wildman–Crippen MR) is 91.0 cm³/mol. The summed E-state index contributed by atoms with van der Waals surface area (Å²) in [6, 6.07) is 7.39. The molecule has 130 valence electrons. The van der Waals surface area contributed by atoms with Crippen molar-refractivity contribution in [2.24, 2.45) is 0 Å². The number of nitrogens with zero attached hydrogens (tertiary/aromatic N) is 1. The maximum atomic E-state index is 11.8. The summed E-state index contributed by atoms with van der Waals surface area (Å²) in [6.07, 6.45) is 2.36. The van der Waals surface area contributed by atoms with Crippen molar-refractivity contribution in [3.63, 3.8) is 0 Å². The van der Waals surface area contributed by atoms with Gasteiger partial charge in [0.05, 0.1) is 31.0 Å². The zero-order valence-electron chi connectivity index (χ0n) is 13.6. The highest BCUT2D eigenvalue weighted by atomic mass is 35.5. The van der Waals surface area contributed by atoms with Gasteiger partial charge in [-0.05, 0) is 12.1 Å². The number of carbonyl (C=O) groups is 1. The summed E-state index contributed by atoms with van der Waals surface area (Å²) in [7, 11) is 1.62. The first-order valence-corrected chi connectivity index (χ1v) is 8.11. The SMILES string of the molecule is COCCOCCNC(=O)CCc1ncc(-c2ccccc2Cl)o1. The van der Waals surface area contributed by atoms with Crippen LogP contribution in [0, 0.1) is 0 Å². The van der Waals surface area contributed by atoms with Gasteiger partial charge in [-0.25, -0.2) is 4.98 Å². The Morgan fingerprint density at radius 3 is 2.92 bits per heavy atom. The third-order valence-corrected chi connectivity index (χ3v) is 3.59. The van der Waals surface area contributed by atoms with Crippen LogP contribution < -0.4 is 5.32 Å². The number of carbonyl (C=O) groups excluding carboxylic acids is 1. The number of aromatic nitrogens is 1. The number of halogens is 1. The first-order valence-electron chi connectivity index (χ1n) is 7.73. The van der Waals surface area contributed by atoms with Crippen LogP contribution in [-0.4, -0.2) is 44.4 Å². The second-order valence-electron chi connectivity index (χ2n) is 5.05. The van der Waals surface area contributed by atoms with Crippen LogP contribution >= 0.6 is 11.6 Å². The lowest BCUT2D eigenvalue weighted by molar-refractivity contribution is -0.121. The summed E-state index contributed by atoms with van der Waals surface area (Å²) in [5.74, 6) is 1.04. The number of hydrogen-bond acceptors (Lipinski definition) is 5. The summed E-state index contributed by atoms with van der Waals surface area (Å²) < 4.78 is 15.8. The summed E-state index contributed by atoms with van der Waals surface area (Å²) in [6.45, 7) is 2.00. The van der Waals surface area contributed by atoms with E-state index in [-0.39, 0.29) is 5.91 Å². The fourth-order valence-corrected chi connectivity index (χ4v) is 2.26. The van der Waals surface area contributed by atoms with Crippen LogP contribution in [0.4, 0.5) is 0 Å². The molecule has 1 aromatic heterocycles. The molecule has 24 heavy (non-hydrogen) atoms. The van der Waals surface area contributed by atoms with E-state index >= 15 is 0 Å². The van der Waals surface area contributed by atoms with Crippen molar-refractivity contribution in [3.8, 4) is 11.3 Å². The predicted octanol–water partition coefficient (Wildman–Crippen LogP) is 2.71. The molecule has 0 bridgehead atoms. The molecule has 7 heteroatoms. The number of rotatable bonds is 10. The lowest BCUT2D eigenvalue weighted by Gasteiger charge is -2.05. The molecule has 6 nitrogen and oxygen atoms in total. The largest absolute Gasteiger partial charge is 0.441 e. The number of aryl methyl sites for hydroxylation is 1. The van der Waals surface area contributed by atoms with E-state index in [0.717, 1.165) is 5.56 Å². The second kappa shape index (κ2) is 10.1. The van der Waals surface area contributed by atoms with E-state index in [1.165, 1.54) is 0 Å². The van der Waals surface area contributed by atoms with Gasteiger partial charge in [0.2, 0.25) is 5.91 Å². The van der Waals surface area contributed by atoms with E-state index < -0.39 is 0 Å². The number of oxazole rings is 1. The minimum absolute atomic E-state index is 0.0668. The zero-order valence-corrected chi connectivity index (χ0v) is 14.3. The average Bonchev–Trinajstić information content (AvgIpc) is 3.05. The Morgan fingerprint density at radius 1 is 1.29 bits per heavy atom. The Kier molecular flexibility index (Phi) is 7.74. The monoisotopic (exact) mass is 352 g/mol. The van der Waals surface area contributed by atoms with E-state index in [0.29, 0.717) is 55.9 Å². The highest BCUT2D eigenvalue weighted by Gasteiger charge is 2.10. The van der Waals surface area contributed by atoms with Gasteiger partial charge in [0.15, 0.2) is 11.7 Å². The van der Waals surface area contributed by atoms with Crippen LogP contribution in [0.25, 0.3) is 11.3 Å². The molecule has 0 aliphatic carbocycles. The minimum Gasteiger partial charge on any atom is -0.441 e. The summed E-state index contributed by atoms with van der Waals surface area (Å²) >= 11 is 6.13. The molecule has 2 aromatic rings. The fraction of sp³-hybridized carbons (Fsp3) is 0.412. The van der Waals surface area contributed by atoms with Crippen molar-refractivity contribution in [2.45, 2.75) is 12.8 Å². The fourth-order valence-electron chi connectivity index (χ4n) is 2.03. The Bertz CT molecular complexity index is 645. The van der Waals surface area contributed by atoms with E-state index in [1.807, 2.05) is 18.2 Å². The van der Waals surface area contributed by atoms with E-state index in [4.69, 9.17) is 25.5 Å². The Hall–Kier alpha value is -1.89. The molecule has 0 saturated heterocycles. The van der Waals surface area contributed by atoms with Gasteiger partial charge in [-0.2, -0.15) is 0 Å². The van der Waals surface area contributed by atoms with Gasteiger partial charge in [-0.3, -0.25) is 4.79 Å². The maximum absolute atomic E-state index is 11.8. The van der Waals surface area contributed by atoms with Crippen LogP contribution in [0.1, 0.15) is 12.3 Å². The number of methoxy groups -OCH3 is 1. The molecule has 1 aromatic carbocycles. The Morgan fingerprint density at radius 2 is 2.12 bits per heavy atom. The molecule has 2 rings (SSSR count). The smallest absolute Gasteiger partial charge is 0.220 e. The Balaban J connectivity index is 1.71. The number of amides is 1. The maximum Gasteiger partial charge on any atom is 0.220 e. The van der Waals surface area contributed by atoms with Crippen molar-refractivity contribution in [2.75, 3.05) is 33.5 Å². The highest BCUT2D eigenvalue weighted by molar-refractivity contribution is 6.33. The van der Waals surface area contributed by atoms with Crippen molar-refractivity contribution >= 4 is 17.5 Å². The van der Waals surface area contributed by atoms with Crippen molar-refractivity contribution in [1.29, 1.82) is 0 Å². The van der Waals surface area contributed by atoms with E-state index in [2.05, 4.69) is 10.3 Å². The van der Waals surface area contributed by atoms with Gasteiger partial charge in [-0.1, -0.05) is 23.7 Å². The number of hydrogen-bond donors (Lipinski definition) is 1. The first-order chi connectivity index (χ1) is 11.7. The third-order valence-electron chi connectivity index (χ3n) is 3.26. The normalized spacial score (nSPS) is 10.8. The van der Waals surface area contributed by atoms with Crippen LogP contribution in [0.15, 0.2) is 34.9 Å². The van der Waals surface area contributed by atoms with Gasteiger partial charge < -0.3 is 19.2 Å². The van der Waals surface area contributed by atoms with Crippen molar-refractivity contribution in [1.82, 2.24) is 10.3 Å². The van der Waals surface area contributed by atoms with Crippen LogP contribution in [-0.2, 0) is 20.7 Å². The van der Waals surface area contributed by atoms with Crippen molar-refractivity contribution < 1.29 is 18.7 Å². The minimum atomic E-state index is -0.0668. The summed E-state index contributed by atoms with van der Waals surface area (Å²) in [5.41, 5.74) is 0.788. The second-order valence-corrected chi connectivity index (χ2v) is 5.46. The van der Waals surface area contributed by atoms with Gasteiger partial charge in [0.1, 0.15) is 0 Å². The molecule has 0 aliphatic rings. The summed E-state index contributed by atoms with van der Waals surface area (Å²) in [5, 5.41) is 3.39. The zero-order chi connectivity index (χ0) is 17.2. The molecule has 0 unspecified atom stereocenters. The van der Waals surface area contributed by atoms with Crippen LogP contribution in [0.3, 0.4) is 0 Å².